The molecule has 0 unspecified atom stereocenters. The first-order valence-corrected chi connectivity index (χ1v) is 5.98. The maximum absolute atomic E-state index is 2.45. The average molecular weight is 199 g/mol. The number of hydrogen-bond acceptors (Lipinski definition) is 0. The zero-order valence-electron chi connectivity index (χ0n) is 9.28. The molecule has 2 rings (SSSR count). The molecule has 1 aliphatic carbocycles. The highest BCUT2D eigenvalue weighted by Gasteiger charge is 2.02. The number of hydrogen-bond donors (Lipinski definition) is 0. The number of allylic oxidation sites excluding steroid dienone is 2. The van der Waals surface area contributed by atoms with E-state index >= 15 is 0 Å². The van der Waals surface area contributed by atoms with Crippen LogP contribution in [0.2, 0.25) is 0 Å². The third-order valence-electron chi connectivity index (χ3n) is 2.98. The van der Waals surface area contributed by atoms with Crippen LogP contribution in [0.5, 0.6) is 0 Å². The molecule has 1 radical (unpaired) electrons. The number of benzene rings is 1. The Morgan fingerprint density at radius 3 is 2.67 bits per heavy atom. The zero-order chi connectivity index (χ0) is 10.3. The topological polar surface area (TPSA) is 0 Å². The van der Waals surface area contributed by atoms with E-state index in [1.54, 1.807) is 5.57 Å². The van der Waals surface area contributed by atoms with Crippen LogP contribution in [0.15, 0.2) is 42.0 Å². The lowest BCUT2D eigenvalue weighted by Gasteiger charge is -2.11. The summed E-state index contributed by atoms with van der Waals surface area (Å²) >= 11 is 0. The van der Waals surface area contributed by atoms with Crippen LogP contribution in [-0.2, 0) is 6.42 Å². The van der Waals surface area contributed by atoms with Gasteiger partial charge in [-0.25, -0.2) is 0 Å². The molecule has 1 aliphatic rings. The summed E-state index contributed by atoms with van der Waals surface area (Å²) in [6, 6.07) is 10.8. The van der Waals surface area contributed by atoms with Crippen molar-refractivity contribution in [2.24, 2.45) is 0 Å². The van der Waals surface area contributed by atoms with Crippen LogP contribution in [0, 0.1) is 6.42 Å². The van der Waals surface area contributed by atoms with E-state index in [0.717, 1.165) is 6.42 Å². The van der Waals surface area contributed by atoms with Crippen molar-refractivity contribution >= 4 is 0 Å². The highest BCUT2D eigenvalue weighted by Crippen LogP contribution is 2.19. The Balaban J connectivity index is 1.97. The number of rotatable bonds is 2. The van der Waals surface area contributed by atoms with E-state index in [1.165, 1.54) is 37.7 Å². The standard InChI is InChI=1S/C15H19/c1-2-5-9-14(10-6-3-1)13-15-11-7-4-8-12-15/h1,4,7-9,11-12H,2-3,5-6,10,13H2/b14-9+. The van der Waals surface area contributed by atoms with Gasteiger partial charge in [0.05, 0.1) is 0 Å². The van der Waals surface area contributed by atoms with Crippen molar-refractivity contribution in [3.8, 4) is 0 Å². The van der Waals surface area contributed by atoms with Gasteiger partial charge in [-0.05, 0) is 50.5 Å². The molecule has 0 bridgehead atoms. The Kier molecular flexibility index (Phi) is 4.01. The summed E-state index contributed by atoms with van der Waals surface area (Å²) in [6.45, 7) is 0. The molecular weight excluding hydrogens is 180 g/mol. The average Bonchev–Trinajstić information content (AvgIpc) is 2.23. The van der Waals surface area contributed by atoms with Crippen LogP contribution in [0.4, 0.5) is 0 Å². The quantitative estimate of drug-likeness (QED) is 0.622. The fourth-order valence-corrected chi connectivity index (χ4v) is 2.14. The molecular formula is C15H19. The van der Waals surface area contributed by atoms with E-state index < -0.39 is 0 Å². The minimum absolute atomic E-state index is 1.15. The Hall–Kier alpha value is -1.04. The van der Waals surface area contributed by atoms with Gasteiger partial charge in [-0.15, -0.1) is 0 Å². The van der Waals surface area contributed by atoms with Crippen LogP contribution in [0.25, 0.3) is 0 Å². The largest absolute Gasteiger partial charge is 0.0850 e. The van der Waals surface area contributed by atoms with Gasteiger partial charge in [-0.1, -0.05) is 42.0 Å². The summed E-state index contributed by atoms with van der Waals surface area (Å²) in [4.78, 5) is 0. The summed E-state index contributed by atoms with van der Waals surface area (Å²) in [5.74, 6) is 0. The van der Waals surface area contributed by atoms with Gasteiger partial charge in [0.15, 0.2) is 0 Å². The van der Waals surface area contributed by atoms with Crippen molar-refractivity contribution in [2.75, 3.05) is 0 Å². The Bertz CT molecular complexity index is 308. The minimum Gasteiger partial charge on any atom is -0.0850 e. The predicted molar refractivity (Wildman–Crippen MR) is 65.6 cm³/mol. The van der Waals surface area contributed by atoms with Crippen LogP contribution < -0.4 is 0 Å². The second kappa shape index (κ2) is 5.75. The SMILES string of the molecule is [CH]1CC/C=C(/Cc2ccccc2)CCC1. The van der Waals surface area contributed by atoms with Crippen LogP contribution in [0.1, 0.15) is 37.7 Å². The van der Waals surface area contributed by atoms with Crippen molar-refractivity contribution in [3.63, 3.8) is 0 Å². The normalized spacial score (nSPS) is 21.2. The van der Waals surface area contributed by atoms with Gasteiger partial charge in [-0.3, -0.25) is 0 Å². The molecule has 0 saturated carbocycles. The molecule has 0 N–H and O–H groups in total. The van der Waals surface area contributed by atoms with Gasteiger partial charge in [0, 0.05) is 0 Å². The van der Waals surface area contributed by atoms with Gasteiger partial charge in [-0.2, -0.15) is 0 Å². The van der Waals surface area contributed by atoms with Crippen LogP contribution in [0.3, 0.4) is 0 Å². The summed E-state index contributed by atoms with van der Waals surface area (Å²) in [5.41, 5.74) is 3.09. The predicted octanol–water partition coefficient (Wildman–Crippen LogP) is 4.32. The lowest BCUT2D eigenvalue weighted by molar-refractivity contribution is 0.722. The maximum atomic E-state index is 2.45. The molecule has 0 spiro atoms. The van der Waals surface area contributed by atoms with Crippen LogP contribution in [-0.4, -0.2) is 0 Å². The molecule has 1 aromatic rings. The van der Waals surface area contributed by atoms with E-state index in [1.807, 2.05) is 0 Å². The molecule has 0 heterocycles. The summed E-state index contributed by atoms with van der Waals surface area (Å²) in [7, 11) is 0. The van der Waals surface area contributed by atoms with Gasteiger partial charge in [0.25, 0.3) is 0 Å². The zero-order valence-corrected chi connectivity index (χ0v) is 9.28. The van der Waals surface area contributed by atoms with Gasteiger partial charge < -0.3 is 0 Å². The summed E-state index contributed by atoms with van der Waals surface area (Å²) in [6.07, 6.45) is 12.4. The molecule has 0 nitrogen and oxygen atoms in total. The van der Waals surface area contributed by atoms with E-state index in [9.17, 15) is 0 Å². The third kappa shape index (κ3) is 3.54. The van der Waals surface area contributed by atoms with Crippen LogP contribution >= 0.6 is 0 Å². The van der Waals surface area contributed by atoms with Gasteiger partial charge in [0.1, 0.15) is 0 Å². The maximum Gasteiger partial charge on any atom is -0.00671 e. The molecule has 0 heteroatoms. The van der Waals surface area contributed by atoms with E-state index in [0.29, 0.717) is 0 Å². The molecule has 0 amide bonds. The lowest BCUT2D eigenvalue weighted by atomic mass is 9.95. The molecule has 15 heavy (non-hydrogen) atoms. The summed E-state index contributed by atoms with van der Waals surface area (Å²) < 4.78 is 0. The first kappa shape index (κ1) is 10.5. The molecule has 0 fully saturated rings. The van der Waals surface area contributed by atoms with Crippen molar-refractivity contribution in [2.45, 2.75) is 38.5 Å². The Labute approximate surface area is 93.0 Å². The monoisotopic (exact) mass is 199 g/mol. The highest BCUT2D eigenvalue weighted by atomic mass is 14.1. The molecule has 0 atom stereocenters. The van der Waals surface area contributed by atoms with Crippen molar-refractivity contribution in [1.82, 2.24) is 0 Å². The second-order valence-corrected chi connectivity index (χ2v) is 4.28. The van der Waals surface area contributed by atoms with Crippen molar-refractivity contribution in [3.05, 3.63) is 54.0 Å². The molecule has 1 aromatic carbocycles. The second-order valence-electron chi connectivity index (χ2n) is 4.28. The van der Waals surface area contributed by atoms with E-state index in [2.05, 4.69) is 42.8 Å². The molecule has 79 valence electrons. The lowest BCUT2D eigenvalue weighted by Crippen LogP contribution is -1.94. The van der Waals surface area contributed by atoms with Crippen molar-refractivity contribution < 1.29 is 0 Å². The fraction of sp³-hybridized carbons (Fsp3) is 0.400. The van der Waals surface area contributed by atoms with Gasteiger partial charge in [0.2, 0.25) is 0 Å². The minimum atomic E-state index is 1.15. The smallest absolute Gasteiger partial charge is 0.00671 e. The van der Waals surface area contributed by atoms with E-state index in [4.69, 9.17) is 0 Å². The van der Waals surface area contributed by atoms with Crippen molar-refractivity contribution in [1.29, 1.82) is 0 Å². The Morgan fingerprint density at radius 1 is 0.933 bits per heavy atom. The fourth-order valence-electron chi connectivity index (χ4n) is 2.14. The third-order valence-corrected chi connectivity index (χ3v) is 2.98. The molecule has 0 aromatic heterocycles. The Morgan fingerprint density at radius 2 is 1.80 bits per heavy atom. The first-order valence-electron chi connectivity index (χ1n) is 5.98. The summed E-state index contributed by atoms with van der Waals surface area (Å²) in [5, 5.41) is 0. The van der Waals surface area contributed by atoms with E-state index in [-0.39, 0.29) is 0 Å². The first-order chi connectivity index (χ1) is 7.45. The van der Waals surface area contributed by atoms with Gasteiger partial charge >= 0.3 is 0 Å². The molecule has 0 aliphatic heterocycles. The highest BCUT2D eigenvalue weighted by molar-refractivity contribution is 5.22. The molecule has 0 saturated heterocycles.